The number of thiophene rings is 1. The minimum Gasteiger partial charge on any atom is -0.349 e. The molecule has 1 amide bonds. The highest BCUT2D eigenvalue weighted by Crippen LogP contribution is 2.32. The number of carbonyl (C=O) groups is 1. The summed E-state index contributed by atoms with van der Waals surface area (Å²) in [6, 6.07) is 10.4. The van der Waals surface area contributed by atoms with Gasteiger partial charge in [0.25, 0.3) is 5.91 Å². The average Bonchev–Trinajstić information content (AvgIpc) is 2.80. The summed E-state index contributed by atoms with van der Waals surface area (Å²) in [5, 5.41) is 3.02. The van der Waals surface area contributed by atoms with E-state index >= 15 is 0 Å². The average molecular weight is 446 g/mol. The monoisotopic (exact) mass is 444 g/mol. The Morgan fingerprint density at radius 2 is 1.91 bits per heavy atom. The Morgan fingerprint density at radius 1 is 1.27 bits per heavy atom. The van der Waals surface area contributed by atoms with E-state index in [1.807, 2.05) is 20.2 Å². The van der Waals surface area contributed by atoms with E-state index in [0.29, 0.717) is 11.4 Å². The molecule has 1 heterocycles. The molecule has 0 aliphatic carbocycles. The predicted molar refractivity (Wildman–Crippen MR) is 99.7 cm³/mol. The molecule has 0 bridgehead atoms. The number of hydrogen-bond acceptors (Lipinski definition) is 3. The number of hydrogen-bond donors (Lipinski definition) is 1. The number of aryl methyl sites for hydroxylation is 1. The molecule has 1 atom stereocenters. The number of carbonyl (C=O) groups excluding carboxylic acids is 1. The maximum atomic E-state index is 12.3. The minimum atomic E-state index is -0.0460. The SMILES string of the molecule is Cc1ccc(C(CNC(=O)c2cc(Br)c(Br)s2)N(C)C)cc1. The van der Waals surface area contributed by atoms with Gasteiger partial charge in [0.2, 0.25) is 0 Å². The second kappa shape index (κ2) is 7.73. The summed E-state index contributed by atoms with van der Waals surface area (Å²) < 4.78 is 1.84. The Morgan fingerprint density at radius 3 is 2.41 bits per heavy atom. The van der Waals surface area contributed by atoms with E-state index in [-0.39, 0.29) is 11.9 Å². The van der Waals surface area contributed by atoms with Crippen LogP contribution < -0.4 is 5.32 Å². The smallest absolute Gasteiger partial charge is 0.261 e. The molecule has 1 N–H and O–H groups in total. The molecule has 6 heteroatoms. The highest BCUT2D eigenvalue weighted by molar-refractivity contribution is 9.13. The molecular formula is C16H18Br2N2OS. The third-order valence-corrected chi connectivity index (χ3v) is 6.67. The van der Waals surface area contributed by atoms with Crippen LogP contribution in [0.2, 0.25) is 0 Å². The first-order valence-electron chi connectivity index (χ1n) is 6.84. The van der Waals surface area contributed by atoms with Crippen molar-refractivity contribution in [1.82, 2.24) is 10.2 Å². The van der Waals surface area contributed by atoms with E-state index in [0.717, 1.165) is 8.26 Å². The zero-order chi connectivity index (χ0) is 16.3. The molecule has 1 unspecified atom stereocenters. The number of benzene rings is 1. The fourth-order valence-corrected chi connectivity index (χ4v) is 4.07. The van der Waals surface area contributed by atoms with E-state index in [1.54, 1.807) is 0 Å². The predicted octanol–water partition coefficient (Wildman–Crippen LogP) is 4.61. The van der Waals surface area contributed by atoms with E-state index in [9.17, 15) is 4.79 Å². The largest absolute Gasteiger partial charge is 0.349 e. The van der Waals surface area contributed by atoms with Crippen LogP contribution in [0.15, 0.2) is 38.6 Å². The van der Waals surface area contributed by atoms with Crippen molar-refractivity contribution in [3.8, 4) is 0 Å². The van der Waals surface area contributed by atoms with Gasteiger partial charge >= 0.3 is 0 Å². The first-order valence-corrected chi connectivity index (χ1v) is 9.24. The van der Waals surface area contributed by atoms with E-state index < -0.39 is 0 Å². The molecule has 3 nitrogen and oxygen atoms in total. The molecule has 0 saturated carbocycles. The highest BCUT2D eigenvalue weighted by atomic mass is 79.9. The van der Waals surface area contributed by atoms with E-state index in [1.165, 1.54) is 22.5 Å². The van der Waals surface area contributed by atoms with Crippen LogP contribution in [0.3, 0.4) is 0 Å². The maximum Gasteiger partial charge on any atom is 0.261 e. The number of halogens is 2. The van der Waals surface area contributed by atoms with Crippen LogP contribution in [0.1, 0.15) is 26.8 Å². The zero-order valence-electron chi connectivity index (χ0n) is 12.7. The lowest BCUT2D eigenvalue weighted by molar-refractivity contribution is 0.0946. The van der Waals surface area contributed by atoms with Gasteiger partial charge in [-0.2, -0.15) is 0 Å². The van der Waals surface area contributed by atoms with Crippen molar-refractivity contribution in [1.29, 1.82) is 0 Å². The van der Waals surface area contributed by atoms with Gasteiger partial charge in [-0.05, 0) is 64.5 Å². The quantitative estimate of drug-likeness (QED) is 0.728. The molecule has 2 aromatic rings. The molecule has 0 saturated heterocycles. The molecule has 118 valence electrons. The Bertz CT molecular complexity index is 633. The fraction of sp³-hybridized carbons (Fsp3) is 0.312. The number of nitrogens with one attached hydrogen (secondary N) is 1. The summed E-state index contributed by atoms with van der Waals surface area (Å²) in [7, 11) is 4.05. The fourth-order valence-electron chi connectivity index (χ4n) is 2.12. The highest BCUT2D eigenvalue weighted by Gasteiger charge is 2.17. The Kier molecular flexibility index (Phi) is 6.20. The zero-order valence-corrected chi connectivity index (χ0v) is 16.7. The first-order chi connectivity index (χ1) is 10.4. The second-order valence-corrected chi connectivity index (χ2v) is 8.56. The van der Waals surface area contributed by atoms with Gasteiger partial charge in [0.1, 0.15) is 0 Å². The summed E-state index contributed by atoms with van der Waals surface area (Å²) in [5.74, 6) is -0.0460. The summed E-state index contributed by atoms with van der Waals surface area (Å²) in [6.45, 7) is 2.64. The van der Waals surface area contributed by atoms with Crippen LogP contribution in [-0.2, 0) is 0 Å². The van der Waals surface area contributed by atoms with Crippen molar-refractivity contribution in [3.63, 3.8) is 0 Å². The molecule has 22 heavy (non-hydrogen) atoms. The molecule has 2 rings (SSSR count). The maximum absolute atomic E-state index is 12.3. The third kappa shape index (κ3) is 4.41. The van der Waals surface area contributed by atoms with Gasteiger partial charge in [-0.1, -0.05) is 29.8 Å². The van der Waals surface area contributed by atoms with Crippen molar-refractivity contribution in [2.75, 3.05) is 20.6 Å². The number of likely N-dealkylation sites (N-methyl/N-ethyl adjacent to an activating group) is 1. The van der Waals surface area contributed by atoms with Gasteiger partial charge in [-0.15, -0.1) is 11.3 Å². The van der Waals surface area contributed by atoms with Crippen LogP contribution in [0, 0.1) is 6.92 Å². The Balaban J connectivity index is 2.06. The van der Waals surface area contributed by atoms with Gasteiger partial charge in [-0.3, -0.25) is 4.79 Å². The third-order valence-electron chi connectivity index (χ3n) is 3.41. The summed E-state index contributed by atoms with van der Waals surface area (Å²) in [4.78, 5) is 15.1. The normalized spacial score (nSPS) is 12.5. The topological polar surface area (TPSA) is 32.3 Å². The van der Waals surface area contributed by atoms with Gasteiger partial charge in [0.05, 0.1) is 14.7 Å². The van der Waals surface area contributed by atoms with Crippen molar-refractivity contribution in [2.45, 2.75) is 13.0 Å². The van der Waals surface area contributed by atoms with Crippen molar-refractivity contribution in [3.05, 3.63) is 54.6 Å². The minimum absolute atomic E-state index is 0.0460. The molecule has 0 aliphatic heterocycles. The lowest BCUT2D eigenvalue weighted by atomic mass is 10.0. The molecule has 0 radical (unpaired) electrons. The Hall–Kier alpha value is -0.690. The lowest BCUT2D eigenvalue weighted by Gasteiger charge is -2.25. The number of amides is 1. The molecule has 0 spiro atoms. The van der Waals surface area contributed by atoms with Gasteiger partial charge in [0.15, 0.2) is 0 Å². The summed E-state index contributed by atoms with van der Waals surface area (Å²) in [6.07, 6.45) is 0. The van der Waals surface area contributed by atoms with Gasteiger partial charge < -0.3 is 10.2 Å². The number of nitrogens with zero attached hydrogens (tertiary/aromatic N) is 1. The first kappa shape index (κ1) is 17.7. The van der Waals surface area contributed by atoms with Gasteiger partial charge in [0, 0.05) is 11.0 Å². The van der Waals surface area contributed by atoms with Crippen LogP contribution in [0.5, 0.6) is 0 Å². The van der Waals surface area contributed by atoms with Crippen LogP contribution >= 0.6 is 43.2 Å². The summed E-state index contributed by atoms with van der Waals surface area (Å²) >= 11 is 8.25. The van der Waals surface area contributed by atoms with E-state index in [4.69, 9.17) is 0 Å². The number of rotatable bonds is 5. The molecule has 1 aromatic heterocycles. The van der Waals surface area contributed by atoms with Crippen LogP contribution in [0.4, 0.5) is 0 Å². The van der Waals surface area contributed by atoms with Crippen LogP contribution in [-0.4, -0.2) is 31.4 Å². The van der Waals surface area contributed by atoms with E-state index in [2.05, 4.69) is 73.3 Å². The molecule has 1 aromatic carbocycles. The standard InChI is InChI=1S/C16H18Br2N2OS/c1-10-4-6-11(7-5-10)13(20(2)3)9-19-16(21)14-8-12(17)15(18)22-14/h4-8,13H,9H2,1-3H3,(H,19,21). The molecule has 0 aliphatic rings. The lowest BCUT2D eigenvalue weighted by Crippen LogP contribution is -2.34. The molecule has 0 fully saturated rings. The summed E-state index contributed by atoms with van der Waals surface area (Å²) in [5.41, 5.74) is 2.43. The van der Waals surface area contributed by atoms with Crippen molar-refractivity contribution < 1.29 is 4.79 Å². The van der Waals surface area contributed by atoms with Crippen molar-refractivity contribution in [2.24, 2.45) is 0 Å². The molecular weight excluding hydrogens is 428 g/mol. The van der Waals surface area contributed by atoms with Gasteiger partial charge in [-0.25, -0.2) is 0 Å². The Labute approximate surface area is 152 Å². The van der Waals surface area contributed by atoms with Crippen LogP contribution in [0.25, 0.3) is 0 Å². The van der Waals surface area contributed by atoms with Crippen molar-refractivity contribution >= 4 is 49.1 Å². The second-order valence-electron chi connectivity index (χ2n) is 5.33.